The monoisotopic (exact) mass is 171 g/mol. The number of hydrogen-bond acceptors (Lipinski definition) is 2. The molecule has 0 bridgehead atoms. The van der Waals surface area contributed by atoms with Crippen LogP contribution >= 0.6 is 0 Å². The van der Waals surface area contributed by atoms with E-state index in [0.717, 1.165) is 6.61 Å². The zero-order valence-corrected chi connectivity index (χ0v) is 8.85. The van der Waals surface area contributed by atoms with Gasteiger partial charge in [0, 0.05) is 18.6 Å². The summed E-state index contributed by atoms with van der Waals surface area (Å²) in [5, 5.41) is 0. The molecule has 1 aliphatic carbocycles. The van der Waals surface area contributed by atoms with Crippen molar-refractivity contribution in [3.05, 3.63) is 0 Å². The molecule has 2 N–H and O–H groups in total. The lowest BCUT2D eigenvalue weighted by molar-refractivity contribution is 0.0896. The molecule has 0 spiro atoms. The predicted molar refractivity (Wildman–Crippen MR) is 50.9 cm³/mol. The number of rotatable bonds is 3. The lowest BCUT2D eigenvalue weighted by Gasteiger charge is -2.23. The van der Waals surface area contributed by atoms with Gasteiger partial charge < -0.3 is 10.5 Å². The van der Waals surface area contributed by atoms with Gasteiger partial charge in [-0.3, -0.25) is 0 Å². The van der Waals surface area contributed by atoms with E-state index in [-0.39, 0.29) is 10.8 Å². The molecule has 1 saturated carbocycles. The van der Waals surface area contributed by atoms with E-state index in [9.17, 15) is 0 Å². The zero-order chi connectivity index (χ0) is 9.57. The van der Waals surface area contributed by atoms with Crippen LogP contribution in [0, 0.1) is 16.7 Å². The Morgan fingerprint density at radius 3 is 1.92 bits per heavy atom. The van der Waals surface area contributed by atoms with E-state index in [0.29, 0.717) is 12.0 Å². The summed E-state index contributed by atoms with van der Waals surface area (Å²) in [6.07, 6.45) is 0. The van der Waals surface area contributed by atoms with Crippen LogP contribution in [0.5, 0.6) is 0 Å². The van der Waals surface area contributed by atoms with E-state index in [1.807, 2.05) is 0 Å². The number of nitrogens with two attached hydrogens (primary N) is 1. The average molecular weight is 171 g/mol. The zero-order valence-electron chi connectivity index (χ0n) is 8.85. The molecule has 72 valence electrons. The standard InChI is InChI=1S/C10H21NO/c1-7(2)10(6-12-5)8(11)9(10,3)4/h7-8H,6,11H2,1-5H3. The van der Waals surface area contributed by atoms with Crippen LogP contribution in [0.2, 0.25) is 0 Å². The fraction of sp³-hybridized carbons (Fsp3) is 1.00. The average Bonchev–Trinajstić information content (AvgIpc) is 2.36. The van der Waals surface area contributed by atoms with Crippen LogP contribution in [0.25, 0.3) is 0 Å². The van der Waals surface area contributed by atoms with Crippen LogP contribution in [0.1, 0.15) is 27.7 Å². The fourth-order valence-electron chi connectivity index (χ4n) is 2.71. The molecule has 1 aliphatic rings. The largest absolute Gasteiger partial charge is 0.384 e. The molecule has 0 aromatic heterocycles. The second-order valence-corrected chi connectivity index (χ2v) is 4.83. The molecule has 0 aliphatic heterocycles. The third-order valence-corrected chi connectivity index (χ3v) is 3.86. The Labute approximate surface area is 75.5 Å². The summed E-state index contributed by atoms with van der Waals surface area (Å²) in [7, 11) is 1.76. The molecular formula is C10H21NO. The van der Waals surface area contributed by atoms with Gasteiger partial charge in [0.1, 0.15) is 0 Å². The third kappa shape index (κ3) is 0.944. The summed E-state index contributed by atoms with van der Waals surface area (Å²) in [5.41, 5.74) is 6.54. The molecule has 2 atom stereocenters. The Bertz CT molecular complexity index is 177. The van der Waals surface area contributed by atoms with Crippen molar-refractivity contribution in [1.82, 2.24) is 0 Å². The summed E-state index contributed by atoms with van der Waals surface area (Å²) in [6.45, 7) is 9.72. The van der Waals surface area contributed by atoms with Gasteiger partial charge in [-0.25, -0.2) is 0 Å². The minimum atomic E-state index is 0.210. The number of hydrogen-bond donors (Lipinski definition) is 1. The maximum atomic E-state index is 6.09. The van der Waals surface area contributed by atoms with E-state index in [4.69, 9.17) is 10.5 Å². The van der Waals surface area contributed by atoms with E-state index in [2.05, 4.69) is 27.7 Å². The van der Waals surface area contributed by atoms with Crippen molar-refractivity contribution in [2.75, 3.05) is 13.7 Å². The summed E-state index contributed by atoms with van der Waals surface area (Å²) < 4.78 is 5.26. The minimum absolute atomic E-state index is 0.210. The van der Waals surface area contributed by atoms with Crippen molar-refractivity contribution < 1.29 is 4.74 Å². The maximum absolute atomic E-state index is 6.09. The summed E-state index contributed by atoms with van der Waals surface area (Å²) in [6, 6.07) is 0.296. The molecule has 1 rings (SSSR count). The Morgan fingerprint density at radius 1 is 1.42 bits per heavy atom. The molecular weight excluding hydrogens is 150 g/mol. The molecule has 0 saturated heterocycles. The molecule has 0 heterocycles. The topological polar surface area (TPSA) is 35.2 Å². The summed E-state index contributed by atoms with van der Waals surface area (Å²) in [4.78, 5) is 0. The first-order valence-corrected chi connectivity index (χ1v) is 4.65. The highest BCUT2D eigenvalue weighted by Gasteiger charge is 2.70. The molecule has 0 aromatic carbocycles. The first-order valence-electron chi connectivity index (χ1n) is 4.65. The highest BCUT2D eigenvalue weighted by molar-refractivity contribution is 5.22. The minimum Gasteiger partial charge on any atom is -0.384 e. The van der Waals surface area contributed by atoms with Gasteiger partial charge >= 0.3 is 0 Å². The molecule has 2 heteroatoms. The van der Waals surface area contributed by atoms with Crippen LogP contribution in [-0.4, -0.2) is 19.8 Å². The van der Waals surface area contributed by atoms with Crippen molar-refractivity contribution in [3.63, 3.8) is 0 Å². The van der Waals surface area contributed by atoms with Crippen molar-refractivity contribution in [1.29, 1.82) is 0 Å². The van der Waals surface area contributed by atoms with Crippen molar-refractivity contribution in [2.24, 2.45) is 22.5 Å². The molecule has 0 amide bonds. The van der Waals surface area contributed by atoms with Gasteiger partial charge in [0.2, 0.25) is 0 Å². The van der Waals surface area contributed by atoms with Crippen molar-refractivity contribution in [2.45, 2.75) is 33.7 Å². The fourth-order valence-corrected chi connectivity index (χ4v) is 2.71. The maximum Gasteiger partial charge on any atom is 0.0541 e. The molecule has 12 heavy (non-hydrogen) atoms. The van der Waals surface area contributed by atoms with E-state index < -0.39 is 0 Å². The summed E-state index contributed by atoms with van der Waals surface area (Å²) in [5.74, 6) is 0.599. The van der Waals surface area contributed by atoms with Crippen LogP contribution in [0.3, 0.4) is 0 Å². The Morgan fingerprint density at radius 2 is 1.83 bits per heavy atom. The Kier molecular flexibility index (Phi) is 2.26. The van der Waals surface area contributed by atoms with E-state index in [1.165, 1.54) is 0 Å². The second kappa shape index (κ2) is 2.71. The quantitative estimate of drug-likeness (QED) is 0.700. The smallest absolute Gasteiger partial charge is 0.0541 e. The van der Waals surface area contributed by atoms with Crippen LogP contribution < -0.4 is 5.73 Å². The Hall–Kier alpha value is -0.0800. The van der Waals surface area contributed by atoms with Gasteiger partial charge in [0.25, 0.3) is 0 Å². The van der Waals surface area contributed by atoms with E-state index in [1.54, 1.807) is 7.11 Å². The normalized spacial score (nSPS) is 38.8. The van der Waals surface area contributed by atoms with Crippen molar-refractivity contribution in [3.8, 4) is 0 Å². The predicted octanol–water partition coefficient (Wildman–Crippen LogP) is 1.64. The molecule has 2 nitrogen and oxygen atoms in total. The molecule has 1 fully saturated rings. The summed E-state index contributed by atoms with van der Waals surface area (Å²) >= 11 is 0. The van der Waals surface area contributed by atoms with Gasteiger partial charge in [-0.1, -0.05) is 27.7 Å². The van der Waals surface area contributed by atoms with Crippen LogP contribution in [0.15, 0.2) is 0 Å². The van der Waals surface area contributed by atoms with Gasteiger partial charge in [-0.05, 0) is 11.3 Å². The van der Waals surface area contributed by atoms with Gasteiger partial charge in [0.15, 0.2) is 0 Å². The molecule has 0 radical (unpaired) electrons. The molecule has 2 unspecified atom stereocenters. The van der Waals surface area contributed by atoms with Gasteiger partial charge in [0.05, 0.1) is 6.61 Å². The third-order valence-electron chi connectivity index (χ3n) is 3.86. The SMILES string of the molecule is COCC1(C(C)C)C(N)C1(C)C. The van der Waals surface area contributed by atoms with Crippen LogP contribution in [-0.2, 0) is 4.74 Å². The first kappa shape index (κ1) is 10.0. The number of ether oxygens (including phenoxy) is 1. The second-order valence-electron chi connectivity index (χ2n) is 4.83. The highest BCUT2D eigenvalue weighted by Crippen LogP contribution is 2.66. The first-order chi connectivity index (χ1) is 5.41. The lowest BCUT2D eigenvalue weighted by Crippen LogP contribution is -2.25. The van der Waals surface area contributed by atoms with Gasteiger partial charge in [-0.2, -0.15) is 0 Å². The van der Waals surface area contributed by atoms with Gasteiger partial charge in [-0.15, -0.1) is 0 Å². The van der Waals surface area contributed by atoms with Crippen molar-refractivity contribution >= 4 is 0 Å². The van der Waals surface area contributed by atoms with Crippen LogP contribution in [0.4, 0.5) is 0 Å². The Balaban J connectivity index is 2.79. The number of methoxy groups -OCH3 is 1. The molecule has 0 aromatic rings. The van der Waals surface area contributed by atoms with E-state index >= 15 is 0 Å². The lowest BCUT2D eigenvalue weighted by atomic mass is 9.85. The highest BCUT2D eigenvalue weighted by atomic mass is 16.5.